The standard InChI is InChI=1S/C11H24N2/c1-3-5-8-12-10-11-7-6-9-13(11)4-2/h11-12H,3-10H2,1-2H3. The molecule has 0 aromatic heterocycles. The van der Waals surface area contributed by atoms with Crippen LogP contribution >= 0.6 is 0 Å². The Labute approximate surface area is 82.7 Å². The molecular weight excluding hydrogens is 160 g/mol. The number of unbranched alkanes of at least 4 members (excludes halogenated alkanes) is 1. The summed E-state index contributed by atoms with van der Waals surface area (Å²) in [5.74, 6) is 0. The zero-order chi connectivity index (χ0) is 9.52. The monoisotopic (exact) mass is 184 g/mol. The molecule has 1 heterocycles. The molecule has 2 heteroatoms. The topological polar surface area (TPSA) is 15.3 Å². The fourth-order valence-corrected chi connectivity index (χ4v) is 2.11. The van der Waals surface area contributed by atoms with Crippen LogP contribution in [0.2, 0.25) is 0 Å². The van der Waals surface area contributed by atoms with Gasteiger partial charge in [-0.25, -0.2) is 0 Å². The van der Waals surface area contributed by atoms with E-state index < -0.39 is 0 Å². The lowest BCUT2D eigenvalue weighted by atomic mass is 10.2. The van der Waals surface area contributed by atoms with Crippen LogP contribution in [-0.4, -0.2) is 37.1 Å². The average molecular weight is 184 g/mol. The number of nitrogens with one attached hydrogen (secondary N) is 1. The maximum absolute atomic E-state index is 3.55. The van der Waals surface area contributed by atoms with E-state index in [1.165, 1.54) is 51.9 Å². The molecule has 1 unspecified atom stereocenters. The summed E-state index contributed by atoms with van der Waals surface area (Å²) >= 11 is 0. The molecule has 0 aromatic carbocycles. The van der Waals surface area contributed by atoms with Gasteiger partial charge < -0.3 is 5.32 Å². The maximum Gasteiger partial charge on any atom is 0.0220 e. The lowest BCUT2D eigenvalue weighted by molar-refractivity contribution is 0.260. The van der Waals surface area contributed by atoms with Crippen LogP contribution in [0.25, 0.3) is 0 Å². The molecule has 1 atom stereocenters. The lowest BCUT2D eigenvalue weighted by Crippen LogP contribution is -2.38. The minimum Gasteiger partial charge on any atom is -0.315 e. The molecule has 1 N–H and O–H groups in total. The van der Waals surface area contributed by atoms with E-state index in [9.17, 15) is 0 Å². The van der Waals surface area contributed by atoms with Gasteiger partial charge in [0.2, 0.25) is 0 Å². The summed E-state index contributed by atoms with van der Waals surface area (Å²) in [6.45, 7) is 9.45. The first-order valence-electron chi connectivity index (χ1n) is 5.83. The third-order valence-corrected chi connectivity index (χ3v) is 2.99. The molecule has 1 fully saturated rings. The maximum atomic E-state index is 3.55. The van der Waals surface area contributed by atoms with Crippen LogP contribution in [0.1, 0.15) is 39.5 Å². The van der Waals surface area contributed by atoms with E-state index >= 15 is 0 Å². The second-order valence-corrected chi connectivity index (χ2v) is 3.98. The molecule has 0 aromatic rings. The molecule has 0 spiro atoms. The first-order valence-corrected chi connectivity index (χ1v) is 5.83. The predicted molar refractivity (Wildman–Crippen MR) is 58.0 cm³/mol. The van der Waals surface area contributed by atoms with E-state index in [-0.39, 0.29) is 0 Å². The Hall–Kier alpha value is -0.0800. The molecule has 1 aliphatic heterocycles. The molecule has 1 aliphatic rings. The van der Waals surface area contributed by atoms with Gasteiger partial charge in [0.1, 0.15) is 0 Å². The van der Waals surface area contributed by atoms with Crippen LogP contribution in [0.15, 0.2) is 0 Å². The van der Waals surface area contributed by atoms with Gasteiger partial charge in [-0.15, -0.1) is 0 Å². The van der Waals surface area contributed by atoms with Crippen LogP contribution in [0.4, 0.5) is 0 Å². The van der Waals surface area contributed by atoms with Gasteiger partial charge in [0.25, 0.3) is 0 Å². The van der Waals surface area contributed by atoms with Gasteiger partial charge >= 0.3 is 0 Å². The van der Waals surface area contributed by atoms with Crippen LogP contribution in [-0.2, 0) is 0 Å². The lowest BCUT2D eigenvalue weighted by Gasteiger charge is -2.22. The van der Waals surface area contributed by atoms with Crippen molar-refractivity contribution in [3.05, 3.63) is 0 Å². The van der Waals surface area contributed by atoms with Gasteiger partial charge in [0, 0.05) is 12.6 Å². The highest BCUT2D eigenvalue weighted by molar-refractivity contribution is 4.79. The van der Waals surface area contributed by atoms with E-state index in [2.05, 4.69) is 24.1 Å². The molecule has 1 rings (SSSR count). The number of rotatable bonds is 6. The molecule has 0 radical (unpaired) electrons. The van der Waals surface area contributed by atoms with Gasteiger partial charge in [-0.05, 0) is 38.9 Å². The Morgan fingerprint density at radius 1 is 1.38 bits per heavy atom. The van der Waals surface area contributed by atoms with Crippen LogP contribution in [0.3, 0.4) is 0 Å². The highest BCUT2D eigenvalue weighted by Crippen LogP contribution is 2.15. The van der Waals surface area contributed by atoms with Gasteiger partial charge in [-0.2, -0.15) is 0 Å². The van der Waals surface area contributed by atoms with Gasteiger partial charge in [0.15, 0.2) is 0 Å². The van der Waals surface area contributed by atoms with Crippen molar-refractivity contribution in [3.8, 4) is 0 Å². The second-order valence-electron chi connectivity index (χ2n) is 3.98. The Morgan fingerprint density at radius 3 is 2.92 bits per heavy atom. The summed E-state index contributed by atoms with van der Waals surface area (Å²) in [6, 6.07) is 0.821. The Balaban J connectivity index is 2.06. The summed E-state index contributed by atoms with van der Waals surface area (Å²) in [7, 11) is 0. The van der Waals surface area contributed by atoms with Crippen molar-refractivity contribution in [2.75, 3.05) is 26.2 Å². The van der Waals surface area contributed by atoms with E-state index in [4.69, 9.17) is 0 Å². The van der Waals surface area contributed by atoms with Crippen LogP contribution in [0.5, 0.6) is 0 Å². The van der Waals surface area contributed by atoms with Gasteiger partial charge in [0.05, 0.1) is 0 Å². The summed E-state index contributed by atoms with van der Waals surface area (Å²) in [4.78, 5) is 2.60. The number of hydrogen-bond donors (Lipinski definition) is 1. The second kappa shape index (κ2) is 6.39. The van der Waals surface area contributed by atoms with Crippen molar-refractivity contribution in [3.63, 3.8) is 0 Å². The quantitative estimate of drug-likeness (QED) is 0.634. The minimum absolute atomic E-state index is 0.821. The highest BCUT2D eigenvalue weighted by atomic mass is 15.2. The zero-order valence-corrected chi connectivity index (χ0v) is 9.18. The largest absolute Gasteiger partial charge is 0.315 e. The summed E-state index contributed by atoms with van der Waals surface area (Å²) < 4.78 is 0. The Bertz CT molecular complexity index is 125. The van der Waals surface area contributed by atoms with Crippen molar-refractivity contribution < 1.29 is 0 Å². The van der Waals surface area contributed by atoms with E-state index in [0.717, 1.165) is 6.04 Å². The Kier molecular flexibility index (Phi) is 5.40. The van der Waals surface area contributed by atoms with Crippen LogP contribution < -0.4 is 5.32 Å². The molecule has 0 amide bonds. The van der Waals surface area contributed by atoms with Crippen molar-refractivity contribution in [2.24, 2.45) is 0 Å². The molecule has 0 bridgehead atoms. The summed E-state index contributed by atoms with van der Waals surface area (Å²) in [5, 5.41) is 3.55. The molecular formula is C11H24N2. The van der Waals surface area contributed by atoms with E-state index in [0.29, 0.717) is 0 Å². The molecule has 1 saturated heterocycles. The third kappa shape index (κ3) is 3.65. The molecule has 78 valence electrons. The average Bonchev–Trinajstić information content (AvgIpc) is 2.60. The number of nitrogens with zero attached hydrogens (tertiary/aromatic N) is 1. The molecule has 2 nitrogen and oxygen atoms in total. The van der Waals surface area contributed by atoms with Crippen molar-refractivity contribution >= 4 is 0 Å². The number of likely N-dealkylation sites (N-methyl/N-ethyl adjacent to an activating group) is 1. The normalized spacial score (nSPS) is 24.0. The molecule has 13 heavy (non-hydrogen) atoms. The molecule has 0 aliphatic carbocycles. The fraction of sp³-hybridized carbons (Fsp3) is 1.00. The summed E-state index contributed by atoms with van der Waals surface area (Å²) in [5.41, 5.74) is 0. The SMILES string of the molecule is CCCCNCC1CCCN1CC. The molecule has 0 saturated carbocycles. The summed E-state index contributed by atoms with van der Waals surface area (Å²) in [6.07, 6.45) is 5.41. The smallest absolute Gasteiger partial charge is 0.0220 e. The third-order valence-electron chi connectivity index (χ3n) is 2.99. The minimum atomic E-state index is 0.821. The predicted octanol–water partition coefficient (Wildman–Crippen LogP) is 1.86. The number of hydrogen-bond acceptors (Lipinski definition) is 2. The highest BCUT2D eigenvalue weighted by Gasteiger charge is 2.21. The van der Waals surface area contributed by atoms with E-state index in [1.807, 2.05) is 0 Å². The van der Waals surface area contributed by atoms with Gasteiger partial charge in [-0.1, -0.05) is 20.3 Å². The fourth-order valence-electron chi connectivity index (χ4n) is 2.11. The van der Waals surface area contributed by atoms with Crippen molar-refractivity contribution in [1.29, 1.82) is 0 Å². The van der Waals surface area contributed by atoms with E-state index in [1.54, 1.807) is 0 Å². The first kappa shape index (κ1) is 11.0. The Morgan fingerprint density at radius 2 is 2.23 bits per heavy atom. The van der Waals surface area contributed by atoms with Crippen molar-refractivity contribution in [2.45, 2.75) is 45.6 Å². The zero-order valence-electron chi connectivity index (χ0n) is 9.18. The number of likely N-dealkylation sites (tertiary alicyclic amines) is 1. The first-order chi connectivity index (χ1) is 6.38. The van der Waals surface area contributed by atoms with Crippen LogP contribution in [0, 0.1) is 0 Å². The van der Waals surface area contributed by atoms with Crippen molar-refractivity contribution in [1.82, 2.24) is 10.2 Å². The van der Waals surface area contributed by atoms with Gasteiger partial charge in [-0.3, -0.25) is 4.90 Å².